The van der Waals surface area contributed by atoms with Gasteiger partial charge in [0.05, 0.1) is 11.6 Å². The Balaban J connectivity index is 1.64. The van der Waals surface area contributed by atoms with Gasteiger partial charge in [0.15, 0.2) is 5.76 Å². The van der Waals surface area contributed by atoms with Crippen LogP contribution in [0.4, 0.5) is 18.0 Å². The predicted molar refractivity (Wildman–Crippen MR) is 145 cm³/mol. The van der Waals surface area contributed by atoms with Crippen molar-refractivity contribution in [2.24, 2.45) is 0 Å². The highest BCUT2D eigenvalue weighted by molar-refractivity contribution is 7.87. The van der Waals surface area contributed by atoms with Crippen molar-refractivity contribution in [3.8, 4) is 5.75 Å². The first kappa shape index (κ1) is 29.3. The summed E-state index contributed by atoms with van der Waals surface area (Å²) < 4.78 is 78.9. The molecule has 0 N–H and O–H groups in total. The number of benzene rings is 3. The van der Waals surface area contributed by atoms with Crippen LogP contribution in [0.1, 0.15) is 51.3 Å². The van der Waals surface area contributed by atoms with Crippen molar-refractivity contribution in [2.75, 3.05) is 6.54 Å². The van der Waals surface area contributed by atoms with E-state index in [-0.39, 0.29) is 24.3 Å². The average molecular weight is 578 g/mol. The van der Waals surface area contributed by atoms with Crippen LogP contribution in [-0.2, 0) is 19.0 Å². The quantitative estimate of drug-likeness (QED) is 0.218. The molecule has 0 aromatic heterocycles. The molecule has 7 nitrogen and oxygen atoms in total. The Morgan fingerprint density at radius 1 is 1.00 bits per heavy atom. The van der Waals surface area contributed by atoms with E-state index >= 15 is 0 Å². The van der Waals surface area contributed by atoms with Gasteiger partial charge in [0.2, 0.25) is 0 Å². The van der Waals surface area contributed by atoms with Crippen LogP contribution in [0.5, 0.6) is 5.75 Å². The van der Waals surface area contributed by atoms with E-state index in [9.17, 15) is 26.4 Å². The number of ether oxygens (including phenoxy) is 2. The molecule has 0 saturated carbocycles. The summed E-state index contributed by atoms with van der Waals surface area (Å²) in [6.07, 6.45) is -0.175. The first-order valence-electron chi connectivity index (χ1n) is 12.6. The van der Waals surface area contributed by atoms with E-state index in [4.69, 9.17) is 9.47 Å². The molecular formula is C29H30F3NO6S. The molecule has 1 amide bonds. The Morgan fingerprint density at radius 2 is 1.65 bits per heavy atom. The standard InChI is InChI=1S/C29H30F3NO6S/c1-19(22-14-9-11-20-10-5-6-12-23(20)22)33(27(34)38-28(2,3)4)17-16-21-18-26(39-40(35,36)29(30,31)32)24-13-7-8-15-25(24)37-21/h5-15,18-19,21H,16-17H2,1-4H3/t19-,21+/m1/s1. The van der Waals surface area contributed by atoms with E-state index in [0.717, 1.165) is 16.3 Å². The first-order chi connectivity index (χ1) is 18.7. The van der Waals surface area contributed by atoms with Crippen LogP contribution < -0.4 is 4.74 Å². The van der Waals surface area contributed by atoms with E-state index in [1.807, 2.05) is 49.4 Å². The van der Waals surface area contributed by atoms with Crippen LogP contribution in [0, 0.1) is 0 Å². The van der Waals surface area contributed by atoms with Gasteiger partial charge in [-0.1, -0.05) is 54.6 Å². The van der Waals surface area contributed by atoms with E-state index in [1.165, 1.54) is 29.2 Å². The molecule has 0 saturated heterocycles. The van der Waals surface area contributed by atoms with Crippen molar-refractivity contribution in [2.45, 2.75) is 57.4 Å². The third-order valence-electron chi connectivity index (χ3n) is 6.27. The highest BCUT2D eigenvalue weighted by Gasteiger charge is 2.49. The van der Waals surface area contributed by atoms with Gasteiger partial charge < -0.3 is 18.6 Å². The van der Waals surface area contributed by atoms with E-state index in [0.29, 0.717) is 0 Å². The number of alkyl halides is 3. The van der Waals surface area contributed by atoms with Crippen molar-refractivity contribution >= 4 is 32.7 Å². The van der Waals surface area contributed by atoms with Crippen LogP contribution >= 0.6 is 0 Å². The number of para-hydroxylation sites is 1. The summed E-state index contributed by atoms with van der Waals surface area (Å²) in [4.78, 5) is 14.9. The molecule has 3 aromatic rings. The summed E-state index contributed by atoms with van der Waals surface area (Å²) in [7, 11) is -5.91. The number of hydrogen-bond acceptors (Lipinski definition) is 6. The van der Waals surface area contributed by atoms with Crippen LogP contribution in [-0.4, -0.2) is 43.2 Å². The molecule has 3 aromatic carbocycles. The minimum absolute atomic E-state index is 0.0692. The van der Waals surface area contributed by atoms with Gasteiger partial charge in [0, 0.05) is 19.0 Å². The summed E-state index contributed by atoms with van der Waals surface area (Å²) in [5, 5.41) is 1.96. The van der Waals surface area contributed by atoms with Gasteiger partial charge in [-0.05, 0) is 56.2 Å². The van der Waals surface area contributed by atoms with Crippen molar-refractivity contribution in [1.29, 1.82) is 0 Å². The lowest BCUT2D eigenvalue weighted by Gasteiger charge is -2.34. The van der Waals surface area contributed by atoms with E-state index in [2.05, 4.69) is 4.18 Å². The Labute approximate surface area is 231 Å². The zero-order chi connectivity index (χ0) is 29.3. The Hall–Kier alpha value is -3.73. The molecule has 1 heterocycles. The van der Waals surface area contributed by atoms with Gasteiger partial charge in [0.25, 0.3) is 0 Å². The highest BCUT2D eigenvalue weighted by Crippen LogP contribution is 2.38. The van der Waals surface area contributed by atoms with Crippen LogP contribution in [0.2, 0.25) is 0 Å². The third-order valence-corrected chi connectivity index (χ3v) is 7.24. The fraction of sp³-hybridized carbons (Fsp3) is 0.345. The molecule has 1 aliphatic heterocycles. The fourth-order valence-electron chi connectivity index (χ4n) is 4.42. The lowest BCUT2D eigenvalue weighted by atomic mass is 9.98. The summed E-state index contributed by atoms with van der Waals surface area (Å²) in [5.41, 5.74) is -5.42. The minimum atomic E-state index is -5.91. The topological polar surface area (TPSA) is 82.1 Å². The van der Waals surface area contributed by atoms with E-state index < -0.39 is 45.2 Å². The molecule has 0 fully saturated rings. The molecule has 0 aliphatic carbocycles. The number of halogens is 3. The Kier molecular flexibility index (Phi) is 8.07. The Bertz CT molecular complexity index is 1520. The minimum Gasteiger partial charge on any atom is -0.485 e. The third kappa shape index (κ3) is 6.52. The summed E-state index contributed by atoms with van der Waals surface area (Å²) in [5.74, 6) is -0.330. The SMILES string of the molecule is C[C@H](c1cccc2ccccc12)N(CC[C@H]1C=C(OS(=O)(=O)C(F)(F)F)c2ccccc2O1)C(=O)OC(C)(C)C. The molecule has 1 aliphatic rings. The summed E-state index contributed by atoms with van der Waals surface area (Å²) >= 11 is 0. The van der Waals surface area contributed by atoms with Gasteiger partial charge in [-0.3, -0.25) is 0 Å². The summed E-state index contributed by atoms with van der Waals surface area (Å²) in [6.45, 7) is 7.20. The van der Waals surface area contributed by atoms with Crippen molar-refractivity contribution in [1.82, 2.24) is 4.90 Å². The molecule has 4 rings (SSSR count). The second-order valence-electron chi connectivity index (χ2n) is 10.4. The second kappa shape index (κ2) is 11.0. The van der Waals surface area contributed by atoms with Gasteiger partial charge in [-0.15, -0.1) is 0 Å². The largest absolute Gasteiger partial charge is 0.534 e. The molecule has 0 bridgehead atoms. The highest BCUT2D eigenvalue weighted by atomic mass is 32.2. The maximum absolute atomic E-state index is 13.4. The fourth-order valence-corrected chi connectivity index (χ4v) is 4.90. The number of carbonyl (C=O) groups is 1. The Morgan fingerprint density at radius 3 is 2.35 bits per heavy atom. The molecule has 0 unspecified atom stereocenters. The average Bonchev–Trinajstić information content (AvgIpc) is 2.86. The van der Waals surface area contributed by atoms with Gasteiger partial charge in [-0.25, -0.2) is 4.79 Å². The van der Waals surface area contributed by atoms with Crippen molar-refractivity contribution in [3.63, 3.8) is 0 Å². The zero-order valence-corrected chi connectivity index (χ0v) is 23.3. The first-order valence-corrected chi connectivity index (χ1v) is 14.0. The monoisotopic (exact) mass is 577 g/mol. The van der Waals surface area contributed by atoms with Crippen LogP contribution in [0.25, 0.3) is 16.5 Å². The molecular weight excluding hydrogens is 547 g/mol. The molecule has 11 heteroatoms. The van der Waals surface area contributed by atoms with Crippen molar-refractivity contribution < 1.29 is 40.0 Å². The smallest absolute Gasteiger partial charge is 0.485 e. The zero-order valence-electron chi connectivity index (χ0n) is 22.4. The lowest BCUT2D eigenvalue weighted by Crippen LogP contribution is -2.40. The normalized spacial score (nSPS) is 16.4. The van der Waals surface area contributed by atoms with E-state index in [1.54, 1.807) is 26.8 Å². The number of rotatable bonds is 7. The molecule has 214 valence electrons. The maximum atomic E-state index is 13.4. The maximum Gasteiger partial charge on any atom is 0.534 e. The number of fused-ring (bicyclic) bond motifs is 2. The van der Waals surface area contributed by atoms with Crippen molar-refractivity contribution in [3.05, 3.63) is 83.9 Å². The van der Waals surface area contributed by atoms with Crippen LogP contribution in [0.15, 0.2) is 72.8 Å². The molecule has 2 atom stereocenters. The number of hydrogen-bond donors (Lipinski definition) is 0. The molecule has 0 spiro atoms. The number of carbonyl (C=O) groups excluding carboxylic acids is 1. The lowest BCUT2D eigenvalue weighted by molar-refractivity contribution is -0.0510. The summed E-state index contributed by atoms with van der Waals surface area (Å²) in [6, 6.07) is 19.1. The van der Waals surface area contributed by atoms with Gasteiger partial charge in [-0.2, -0.15) is 21.6 Å². The molecule has 0 radical (unpaired) electrons. The van der Waals surface area contributed by atoms with Gasteiger partial charge >= 0.3 is 21.7 Å². The number of nitrogens with zero attached hydrogens (tertiary/aromatic N) is 1. The van der Waals surface area contributed by atoms with Gasteiger partial charge in [0.1, 0.15) is 17.5 Å². The number of amides is 1. The van der Waals surface area contributed by atoms with Crippen LogP contribution in [0.3, 0.4) is 0 Å². The second-order valence-corrected chi connectivity index (χ2v) is 11.9. The molecule has 40 heavy (non-hydrogen) atoms. The predicted octanol–water partition coefficient (Wildman–Crippen LogP) is 7.20.